The minimum Gasteiger partial charge on any atom is -0.357 e. The Morgan fingerprint density at radius 1 is 1.23 bits per heavy atom. The number of nitrogens with zero attached hydrogens (tertiary/aromatic N) is 2. The number of rotatable bonds is 5. The third-order valence-corrected chi connectivity index (χ3v) is 4.76. The molecule has 1 heterocycles. The van der Waals surface area contributed by atoms with Crippen LogP contribution in [0.5, 0.6) is 0 Å². The van der Waals surface area contributed by atoms with Gasteiger partial charge in [0.1, 0.15) is 5.01 Å². The maximum Gasteiger partial charge on any atom is 0.191 e. The zero-order valence-electron chi connectivity index (χ0n) is 13.1. The third kappa shape index (κ3) is 5.10. The van der Waals surface area contributed by atoms with Gasteiger partial charge in [-0.15, -0.1) is 11.3 Å². The Morgan fingerprint density at radius 2 is 1.95 bits per heavy atom. The van der Waals surface area contributed by atoms with Gasteiger partial charge in [0, 0.05) is 15.9 Å². The van der Waals surface area contributed by atoms with E-state index in [1.165, 1.54) is 10.4 Å². The van der Waals surface area contributed by atoms with E-state index in [0.29, 0.717) is 13.1 Å². The first-order chi connectivity index (χ1) is 10.6. The van der Waals surface area contributed by atoms with Crippen molar-refractivity contribution in [1.29, 1.82) is 0 Å². The summed E-state index contributed by atoms with van der Waals surface area (Å²) in [6, 6.07) is 8.22. The summed E-state index contributed by atoms with van der Waals surface area (Å²) in [5.41, 5.74) is 2.29. The van der Waals surface area contributed by atoms with Crippen molar-refractivity contribution < 1.29 is 0 Å². The first-order valence-corrected chi connectivity index (χ1v) is 8.89. The van der Waals surface area contributed by atoms with Gasteiger partial charge in [0.15, 0.2) is 5.96 Å². The van der Waals surface area contributed by atoms with Crippen molar-refractivity contribution in [3.05, 3.63) is 49.9 Å². The summed E-state index contributed by atoms with van der Waals surface area (Å²) in [6.45, 7) is 8.39. The fourth-order valence-corrected chi connectivity index (χ4v) is 3.01. The Bertz CT molecular complexity index is 615. The molecular weight excluding hydrogens is 360 g/mol. The molecule has 2 rings (SSSR count). The van der Waals surface area contributed by atoms with E-state index in [-0.39, 0.29) is 0 Å². The number of nitrogens with one attached hydrogen (secondary N) is 2. The molecule has 0 bridgehead atoms. The Balaban J connectivity index is 1.96. The minimum absolute atomic E-state index is 0.651. The molecule has 1 aromatic heterocycles. The molecule has 2 aromatic rings. The molecule has 2 N–H and O–H groups in total. The predicted octanol–water partition coefficient (Wildman–Crippen LogP) is 3.78. The highest BCUT2D eigenvalue weighted by Crippen LogP contribution is 2.16. The topological polar surface area (TPSA) is 49.3 Å². The van der Waals surface area contributed by atoms with Crippen LogP contribution < -0.4 is 10.6 Å². The number of aliphatic imine (C=N–C) groups is 1. The van der Waals surface area contributed by atoms with Gasteiger partial charge in [-0.3, -0.25) is 0 Å². The van der Waals surface area contributed by atoms with E-state index < -0.39 is 0 Å². The van der Waals surface area contributed by atoms with Gasteiger partial charge in [0.2, 0.25) is 0 Å². The molecule has 0 saturated carbocycles. The summed E-state index contributed by atoms with van der Waals surface area (Å²) in [5, 5.41) is 7.69. The predicted molar refractivity (Wildman–Crippen MR) is 97.4 cm³/mol. The first-order valence-electron chi connectivity index (χ1n) is 7.28. The summed E-state index contributed by atoms with van der Waals surface area (Å²) in [4.78, 5) is 10.4. The number of aryl methyl sites for hydroxylation is 2. The lowest BCUT2D eigenvalue weighted by Gasteiger charge is -2.10. The van der Waals surface area contributed by atoms with Crippen LogP contribution in [-0.2, 0) is 13.1 Å². The Hall–Kier alpha value is -1.40. The highest BCUT2D eigenvalue weighted by Gasteiger charge is 2.04. The second kappa shape index (κ2) is 8.29. The molecule has 0 unspecified atom stereocenters. The minimum atomic E-state index is 0.651. The number of aromatic nitrogens is 1. The molecule has 0 aliphatic rings. The molecule has 118 valence electrons. The van der Waals surface area contributed by atoms with E-state index >= 15 is 0 Å². The van der Waals surface area contributed by atoms with E-state index in [1.807, 2.05) is 19.1 Å². The zero-order valence-corrected chi connectivity index (χ0v) is 15.5. The molecule has 22 heavy (non-hydrogen) atoms. The molecule has 0 radical (unpaired) electrons. The second-order valence-electron chi connectivity index (χ2n) is 4.92. The molecule has 0 saturated heterocycles. The van der Waals surface area contributed by atoms with Gasteiger partial charge in [0.25, 0.3) is 0 Å². The normalized spacial score (nSPS) is 11.5. The van der Waals surface area contributed by atoms with Crippen LogP contribution in [0.4, 0.5) is 0 Å². The maximum absolute atomic E-state index is 4.61. The first kappa shape index (κ1) is 17.0. The van der Waals surface area contributed by atoms with Gasteiger partial charge in [-0.05, 0) is 38.5 Å². The van der Waals surface area contributed by atoms with Gasteiger partial charge >= 0.3 is 0 Å². The van der Waals surface area contributed by atoms with Crippen LogP contribution in [0.25, 0.3) is 0 Å². The van der Waals surface area contributed by atoms with Crippen molar-refractivity contribution in [2.24, 2.45) is 4.99 Å². The summed E-state index contributed by atoms with van der Waals surface area (Å²) >= 11 is 5.17. The smallest absolute Gasteiger partial charge is 0.191 e. The van der Waals surface area contributed by atoms with Crippen LogP contribution in [0.15, 0.2) is 33.7 Å². The number of halogens is 1. The molecule has 0 fully saturated rings. The fraction of sp³-hybridized carbons (Fsp3) is 0.375. The van der Waals surface area contributed by atoms with Gasteiger partial charge in [0.05, 0.1) is 18.8 Å². The average molecular weight is 381 g/mol. The molecule has 1 aromatic carbocycles. The van der Waals surface area contributed by atoms with Crippen molar-refractivity contribution in [2.75, 3.05) is 6.54 Å². The Kier molecular flexibility index (Phi) is 6.39. The van der Waals surface area contributed by atoms with E-state index in [0.717, 1.165) is 27.7 Å². The number of benzene rings is 1. The molecule has 6 heteroatoms. The molecule has 0 atom stereocenters. The van der Waals surface area contributed by atoms with Crippen molar-refractivity contribution in [3.63, 3.8) is 0 Å². The van der Waals surface area contributed by atoms with Crippen molar-refractivity contribution in [2.45, 2.75) is 33.9 Å². The van der Waals surface area contributed by atoms with Crippen molar-refractivity contribution >= 4 is 33.2 Å². The SMILES string of the molecule is CCNC(=NCc1ccc(Br)cc1)NCc1nc(C)c(C)s1. The van der Waals surface area contributed by atoms with E-state index in [2.05, 4.69) is 62.5 Å². The molecular formula is C16H21BrN4S. The molecule has 0 spiro atoms. The van der Waals surface area contributed by atoms with Crippen LogP contribution in [0.1, 0.15) is 28.1 Å². The quantitative estimate of drug-likeness (QED) is 0.612. The summed E-state index contributed by atoms with van der Waals surface area (Å²) in [7, 11) is 0. The monoisotopic (exact) mass is 380 g/mol. The molecule has 0 aliphatic heterocycles. The number of thiazole rings is 1. The van der Waals surface area contributed by atoms with Gasteiger partial charge in [-0.1, -0.05) is 28.1 Å². The van der Waals surface area contributed by atoms with E-state index in [9.17, 15) is 0 Å². The van der Waals surface area contributed by atoms with Crippen LogP contribution in [0.3, 0.4) is 0 Å². The summed E-state index contributed by atoms with van der Waals surface area (Å²) in [6.07, 6.45) is 0. The lowest BCUT2D eigenvalue weighted by atomic mass is 10.2. The van der Waals surface area contributed by atoms with Crippen LogP contribution in [0.2, 0.25) is 0 Å². The standard InChI is InChI=1S/C16H21BrN4S/c1-4-18-16(19-9-13-5-7-14(17)8-6-13)20-10-15-21-11(2)12(3)22-15/h5-8H,4,9-10H2,1-3H3,(H2,18,19,20). The Labute approximate surface area is 144 Å². The lowest BCUT2D eigenvalue weighted by Crippen LogP contribution is -2.36. The molecule has 0 amide bonds. The highest BCUT2D eigenvalue weighted by molar-refractivity contribution is 9.10. The van der Waals surface area contributed by atoms with Gasteiger partial charge < -0.3 is 10.6 Å². The maximum atomic E-state index is 4.61. The number of hydrogen-bond donors (Lipinski definition) is 2. The Morgan fingerprint density at radius 3 is 2.55 bits per heavy atom. The van der Waals surface area contributed by atoms with E-state index in [1.54, 1.807) is 11.3 Å². The second-order valence-corrected chi connectivity index (χ2v) is 7.13. The van der Waals surface area contributed by atoms with Crippen LogP contribution in [-0.4, -0.2) is 17.5 Å². The largest absolute Gasteiger partial charge is 0.357 e. The van der Waals surface area contributed by atoms with Crippen molar-refractivity contribution in [3.8, 4) is 0 Å². The lowest BCUT2D eigenvalue weighted by molar-refractivity contribution is 0.809. The number of hydrogen-bond acceptors (Lipinski definition) is 3. The fourth-order valence-electron chi connectivity index (χ4n) is 1.88. The van der Waals surface area contributed by atoms with Gasteiger partial charge in [-0.2, -0.15) is 0 Å². The van der Waals surface area contributed by atoms with Gasteiger partial charge in [-0.25, -0.2) is 9.98 Å². The van der Waals surface area contributed by atoms with Crippen LogP contribution in [0, 0.1) is 13.8 Å². The zero-order chi connectivity index (χ0) is 15.9. The molecule has 0 aliphatic carbocycles. The number of guanidine groups is 1. The van der Waals surface area contributed by atoms with Crippen LogP contribution >= 0.6 is 27.3 Å². The van der Waals surface area contributed by atoms with Crippen molar-refractivity contribution in [1.82, 2.24) is 15.6 Å². The molecule has 4 nitrogen and oxygen atoms in total. The third-order valence-electron chi connectivity index (χ3n) is 3.16. The highest BCUT2D eigenvalue weighted by atomic mass is 79.9. The summed E-state index contributed by atoms with van der Waals surface area (Å²) in [5.74, 6) is 0.816. The van der Waals surface area contributed by atoms with E-state index in [4.69, 9.17) is 0 Å². The summed E-state index contributed by atoms with van der Waals surface area (Å²) < 4.78 is 1.08. The average Bonchev–Trinajstić information content (AvgIpc) is 2.82.